The SMILES string of the molecule is Cn1c(-c2cccc(C#N)c2)nc2c(C(C)(C)C)ncnc21. The van der Waals surface area contributed by atoms with Crippen LogP contribution >= 0.6 is 0 Å². The number of imidazole rings is 1. The molecule has 0 saturated carbocycles. The Bertz CT molecular complexity index is 894. The molecule has 0 N–H and O–H groups in total. The molecule has 2 aromatic heterocycles. The minimum Gasteiger partial charge on any atom is -0.312 e. The molecular formula is C17H17N5. The Kier molecular flexibility index (Phi) is 3.18. The van der Waals surface area contributed by atoms with Gasteiger partial charge in [-0.05, 0) is 12.1 Å². The van der Waals surface area contributed by atoms with Gasteiger partial charge >= 0.3 is 0 Å². The highest BCUT2D eigenvalue weighted by atomic mass is 15.1. The van der Waals surface area contributed by atoms with Crippen LogP contribution in [0.4, 0.5) is 0 Å². The second kappa shape index (κ2) is 4.92. The summed E-state index contributed by atoms with van der Waals surface area (Å²) in [4.78, 5) is 13.5. The van der Waals surface area contributed by atoms with E-state index in [0.29, 0.717) is 5.56 Å². The van der Waals surface area contributed by atoms with E-state index in [4.69, 9.17) is 10.2 Å². The summed E-state index contributed by atoms with van der Waals surface area (Å²) >= 11 is 0. The van der Waals surface area contributed by atoms with E-state index >= 15 is 0 Å². The predicted octanol–water partition coefficient (Wildman–Crippen LogP) is 3.20. The van der Waals surface area contributed by atoms with E-state index in [1.165, 1.54) is 0 Å². The standard InChI is InChI=1S/C17H17N5/c1-17(2,3)14-13-16(20-10-19-14)22(4)15(21-13)12-7-5-6-11(8-12)9-18/h5-8,10H,1-4H3. The summed E-state index contributed by atoms with van der Waals surface area (Å²) in [6.45, 7) is 6.33. The topological polar surface area (TPSA) is 67.4 Å². The van der Waals surface area contributed by atoms with Gasteiger partial charge in [0, 0.05) is 18.0 Å². The van der Waals surface area contributed by atoms with Crippen LogP contribution in [0.25, 0.3) is 22.6 Å². The van der Waals surface area contributed by atoms with Gasteiger partial charge in [-0.15, -0.1) is 0 Å². The van der Waals surface area contributed by atoms with E-state index < -0.39 is 0 Å². The van der Waals surface area contributed by atoms with E-state index in [1.54, 1.807) is 12.4 Å². The maximum atomic E-state index is 9.07. The smallest absolute Gasteiger partial charge is 0.163 e. The van der Waals surface area contributed by atoms with Crippen LogP contribution in [0.15, 0.2) is 30.6 Å². The first kappa shape index (κ1) is 14.2. The number of rotatable bonds is 1. The number of benzene rings is 1. The van der Waals surface area contributed by atoms with Crippen LogP contribution in [-0.2, 0) is 12.5 Å². The summed E-state index contributed by atoms with van der Waals surface area (Å²) in [6.07, 6.45) is 1.58. The Labute approximate surface area is 129 Å². The van der Waals surface area contributed by atoms with E-state index in [-0.39, 0.29) is 5.41 Å². The molecule has 110 valence electrons. The van der Waals surface area contributed by atoms with E-state index in [1.807, 2.05) is 29.8 Å². The Hall–Kier alpha value is -2.74. The highest BCUT2D eigenvalue weighted by Crippen LogP contribution is 2.29. The van der Waals surface area contributed by atoms with Crippen molar-refractivity contribution in [1.82, 2.24) is 19.5 Å². The van der Waals surface area contributed by atoms with E-state index in [2.05, 4.69) is 36.8 Å². The summed E-state index contributed by atoms with van der Waals surface area (Å²) in [5, 5.41) is 9.07. The van der Waals surface area contributed by atoms with Gasteiger partial charge in [0.05, 0.1) is 17.3 Å². The molecule has 0 saturated heterocycles. The summed E-state index contributed by atoms with van der Waals surface area (Å²) in [6, 6.07) is 9.60. The van der Waals surface area contributed by atoms with E-state index in [9.17, 15) is 0 Å². The molecule has 0 aliphatic rings. The fourth-order valence-electron chi connectivity index (χ4n) is 2.53. The average Bonchev–Trinajstić information content (AvgIpc) is 2.83. The lowest BCUT2D eigenvalue weighted by Crippen LogP contribution is -2.14. The zero-order chi connectivity index (χ0) is 15.9. The van der Waals surface area contributed by atoms with Crippen molar-refractivity contribution in [2.24, 2.45) is 7.05 Å². The summed E-state index contributed by atoms with van der Waals surface area (Å²) in [7, 11) is 1.93. The number of nitriles is 1. The first-order valence-electron chi connectivity index (χ1n) is 7.10. The van der Waals surface area contributed by atoms with Crippen molar-refractivity contribution in [3.63, 3.8) is 0 Å². The lowest BCUT2D eigenvalue weighted by atomic mass is 9.91. The van der Waals surface area contributed by atoms with Gasteiger partial charge in [0.1, 0.15) is 17.7 Å². The molecule has 5 heteroatoms. The molecule has 0 spiro atoms. The molecular weight excluding hydrogens is 274 g/mol. The van der Waals surface area contributed by atoms with Gasteiger partial charge < -0.3 is 4.57 Å². The zero-order valence-electron chi connectivity index (χ0n) is 13.1. The third-order valence-electron chi connectivity index (χ3n) is 3.62. The van der Waals surface area contributed by atoms with Crippen LogP contribution in [0, 0.1) is 11.3 Å². The molecule has 2 heterocycles. The largest absolute Gasteiger partial charge is 0.312 e. The van der Waals surface area contributed by atoms with Crippen molar-refractivity contribution in [3.8, 4) is 17.5 Å². The van der Waals surface area contributed by atoms with Crippen molar-refractivity contribution in [2.45, 2.75) is 26.2 Å². The minimum absolute atomic E-state index is 0.110. The predicted molar refractivity (Wildman–Crippen MR) is 85.2 cm³/mol. The Balaban J connectivity index is 2.29. The lowest BCUT2D eigenvalue weighted by molar-refractivity contribution is 0.572. The zero-order valence-corrected chi connectivity index (χ0v) is 13.1. The summed E-state index contributed by atoms with van der Waals surface area (Å²) < 4.78 is 1.95. The molecule has 0 aliphatic heterocycles. The monoisotopic (exact) mass is 291 g/mol. The van der Waals surface area contributed by atoms with Crippen LogP contribution in [0.5, 0.6) is 0 Å². The molecule has 0 bridgehead atoms. The maximum absolute atomic E-state index is 9.07. The Morgan fingerprint density at radius 1 is 1.18 bits per heavy atom. The molecule has 3 rings (SSSR count). The van der Waals surface area contributed by atoms with Gasteiger partial charge in [0.2, 0.25) is 0 Å². The molecule has 0 fully saturated rings. The van der Waals surface area contributed by atoms with Crippen LogP contribution < -0.4 is 0 Å². The molecule has 3 aromatic rings. The van der Waals surface area contributed by atoms with Crippen molar-refractivity contribution < 1.29 is 0 Å². The highest BCUT2D eigenvalue weighted by Gasteiger charge is 2.23. The Morgan fingerprint density at radius 3 is 2.64 bits per heavy atom. The Morgan fingerprint density at radius 2 is 1.95 bits per heavy atom. The van der Waals surface area contributed by atoms with Gasteiger partial charge in [0.25, 0.3) is 0 Å². The molecule has 0 radical (unpaired) electrons. The normalized spacial score (nSPS) is 11.6. The van der Waals surface area contributed by atoms with Gasteiger partial charge in [0.15, 0.2) is 5.65 Å². The molecule has 22 heavy (non-hydrogen) atoms. The van der Waals surface area contributed by atoms with Gasteiger partial charge in [-0.2, -0.15) is 5.26 Å². The van der Waals surface area contributed by atoms with Gasteiger partial charge in [-0.1, -0.05) is 32.9 Å². The number of hydrogen-bond donors (Lipinski definition) is 0. The summed E-state index contributed by atoms with van der Waals surface area (Å²) in [5.41, 5.74) is 3.95. The second-order valence-electron chi connectivity index (χ2n) is 6.33. The number of aromatic nitrogens is 4. The lowest BCUT2D eigenvalue weighted by Gasteiger charge is -2.17. The van der Waals surface area contributed by atoms with Crippen molar-refractivity contribution in [1.29, 1.82) is 5.26 Å². The maximum Gasteiger partial charge on any atom is 0.163 e. The fraction of sp³-hybridized carbons (Fsp3) is 0.294. The van der Waals surface area contributed by atoms with Crippen LogP contribution in [0.2, 0.25) is 0 Å². The first-order chi connectivity index (χ1) is 10.4. The molecule has 0 atom stereocenters. The first-order valence-corrected chi connectivity index (χ1v) is 7.10. The van der Waals surface area contributed by atoms with Gasteiger partial charge in [-0.3, -0.25) is 0 Å². The quantitative estimate of drug-likeness (QED) is 0.690. The number of fused-ring (bicyclic) bond motifs is 1. The minimum atomic E-state index is -0.110. The fourth-order valence-corrected chi connectivity index (χ4v) is 2.53. The average molecular weight is 291 g/mol. The van der Waals surface area contributed by atoms with Crippen molar-refractivity contribution in [3.05, 3.63) is 41.9 Å². The second-order valence-corrected chi connectivity index (χ2v) is 6.33. The summed E-state index contributed by atoms with van der Waals surface area (Å²) in [5.74, 6) is 0.790. The molecule has 1 aromatic carbocycles. The molecule has 0 amide bonds. The number of aryl methyl sites for hydroxylation is 1. The van der Waals surface area contributed by atoms with Crippen molar-refractivity contribution in [2.75, 3.05) is 0 Å². The molecule has 0 unspecified atom stereocenters. The highest BCUT2D eigenvalue weighted by molar-refractivity contribution is 5.80. The van der Waals surface area contributed by atoms with Crippen molar-refractivity contribution >= 4 is 11.2 Å². The van der Waals surface area contributed by atoms with Crippen LogP contribution in [0.3, 0.4) is 0 Å². The molecule has 0 aliphatic carbocycles. The van der Waals surface area contributed by atoms with E-state index in [0.717, 1.165) is 28.2 Å². The third-order valence-corrected chi connectivity index (χ3v) is 3.62. The van der Waals surface area contributed by atoms with Crippen LogP contribution in [-0.4, -0.2) is 19.5 Å². The van der Waals surface area contributed by atoms with Crippen LogP contribution in [0.1, 0.15) is 32.0 Å². The molecule has 5 nitrogen and oxygen atoms in total. The van der Waals surface area contributed by atoms with Gasteiger partial charge in [-0.25, -0.2) is 15.0 Å². The third kappa shape index (κ3) is 2.23. The number of hydrogen-bond acceptors (Lipinski definition) is 4. The number of nitrogens with zero attached hydrogens (tertiary/aromatic N) is 5.